The highest BCUT2D eigenvalue weighted by molar-refractivity contribution is 6.28. The lowest BCUT2D eigenvalue weighted by molar-refractivity contribution is 0.317. The monoisotopic (exact) mass is 281 g/mol. The first-order valence-corrected chi connectivity index (χ1v) is 6.24. The zero-order valence-corrected chi connectivity index (χ0v) is 11.1. The standard InChI is InChI=1S/C13H13ClFN3O/c1-2-7-19-10-5-3-9(4-6-10)17-12-11(15)8-16-13(14)18-12/h3-6,8H,2,7H2,1H3,(H,16,17,18). The van der Waals surface area contributed by atoms with Crippen molar-refractivity contribution in [2.24, 2.45) is 0 Å². The van der Waals surface area contributed by atoms with Crippen molar-refractivity contribution in [3.05, 3.63) is 41.6 Å². The summed E-state index contributed by atoms with van der Waals surface area (Å²) in [4.78, 5) is 7.33. The molecule has 1 aromatic heterocycles. The summed E-state index contributed by atoms with van der Waals surface area (Å²) in [6.45, 7) is 2.71. The minimum absolute atomic E-state index is 0.00759. The molecule has 0 aliphatic rings. The van der Waals surface area contributed by atoms with Gasteiger partial charge in [0.05, 0.1) is 12.8 Å². The molecule has 0 amide bonds. The predicted molar refractivity (Wildman–Crippen MR) is 72.5 cm³/mol. The molecule has 19 heavy (non-hydrogen) atoms. The summed E-state index contributed by atoms with van der Waals surface area (Å²) >= 11 is 5.62. The molecule has 0 bridgehead atoms. The molecular weight excluding hydrogens is 269 g/mol. The molecule has 2 rings (SSSR count). The van der Waals surface area contributed by atoms with Crippen LogP contribution in [0.25, 0.3) is 0 Å². The van der Waals surface area contributed by atoms with E-state index >= 15 is 0 Å². The number of halogens is 2. The van der Waals surface area contributed by atoms with Crippen molar-refractivity contribution in [3.63, 3.8) is 0 Å². The van der Waals surface area contributed by atoms with Gasteiger partial charge in [0.15, 0.2) is 11.6 Å². The van der Waals surface area contributed by atoms with E-state index in [1.807, 2.05) is 6.92 Å². The number of nitrogens with one attached hydrogen (secondary N) is 1. The normalized spacial score (nSPS) is 10.3. The number of rotatable bonds is 5. The average Bonchev–Trinajstić information content (AvgIpc) is 2.42. The Morgan fingerprint density at radius 1 is 1.32 bits per heavy atom. The first-order valence-electron chi connectivity index (χ1n) is 5.87. The smallest absolute Gasteiger partial charge is 0.224 e. The molecule has 1 N–H and O–H groups in total. The van der Waals surface area contributed by atoms with E-state index in [2.05, 4.69) is 15.3 Å². The Bertz CT molecular complexity index is 548. The number of nitrogens with zero attached hydrogens (tertiary/aromatic N) is 2. The van der Waals surface area contributed by atoms with Crippen molar-refractivity contribution in [1.82, 2.24) is 9.97 Å². The molecule has 0 saturated carbocycles. The van der Waals surface area contributed by atoms with Gasteiger partial charge >= 0.3 is 0 Å². The minimum Gasteiger partial charge on any atom is -0.494 e. The first kappa shape index (κ1) is 13.5. The predicted octanol–water partition coefficient (Wildman–Crippen LogP) is 3.80. The van der Waals surface area contributed by atoms with Gasteiger partial charge in [-0.15, -0.1) is 0 Å². The number of ether oxygens (including phenoxy) is 1. The average molecular weight is 282 g/mol. The molecule has 0 aliphatic heterocycles. The third-order valence-electron chi connectivity index (χ3n) is 2.30. The Labute approximate surface area is 115 Å². The number of anilines is 2. The van der Waals surface area contributed by atoms with Crippen molar-refractivity contribution in [3.8, 4) is 5.75 Å². The van der Waals surface area contributed by atoms with Crippen LogP contribution in [-0.2, 0) is 0 Å². The van der Waals surface area contributed by atoms with Crippen LogP contribution in [0.4, 0.5) is 15.9 Å². The van der Waals surface area contributed by atoms with Crippen molar-refractivity contribution < 1.29 is 9.13 Å². The van der Waals surface area contributed by atoms with Crippen LogP contribution in [0.1, 0.15) is 13.3 Å². The Hall–Kier alpha value is -1.88. The van der Waals surface area contributed by atoms with Crippen LogP contribution >= 0.6 is 11.6 Å². The van der Waals surface area contributed by atoms with Gasteiger partial charge in [-0.2, -0.15) is 4.98 Å². The highest BCUT2D eigenvalue weighted by Crippen LogP contribution is 2.21. The lowest BCUT2D eigenvalue weighted by Gasteiger charge is -2.08. The van der Waals surface area contributed by atoms with E-state index in [1.54, 1.807) is 24.3 Å². The van der Waals surface area contributed by atoms with Gasteiger partial charge in [0, 0.05) is 5.69 Å². The van der Waals surface area contributed by atoms with Gasteiger partial charge in [0.1, 0.15) is 5.75 Å². The van der Waals surface area contributed by atoms with Crippen LogP contribution in [0.2, 0.25) is 5.28 Å². The second kappa shape index (κ2) is 6.33. The molecule has 2 aromatic rings. The van der Waals surface area contributed by atoms with E-state index in [4.69, 9.17) is 16.3 Å². The number of hydrogen-bond donors (Lipinski definition) is 1. The van der Waals surface area contributed by atoms with Gasteiger partial charge in [-0.25, -0.2) is 9.37 Å². The van der Waals surface area contributed by atoms with E-state index in [0.717, 1.165) is 18.4 Å². The third kappa shape index (κ3) is 3.79. The molecule has 0 saturated heterocycles. The molecule has 0 fully saturated rings. The van der Waals surface area contributed by atoms with Gasteiger partial charge in [-0.1, -0.05) is 6.92 Å². The highest BCUT2D eigenvalue weighted by atomic mass is 35.5. The quantitative estimate of drug-likeness (QED) is 0.847. The van der Waals surface area contributed by atoms with Crippen LogP contribution in [0.5, 0.6) is 5.75 Å². The lowest BCUT2D eigenvalue weighted by Crippen LogP contribution is -1.99. The summed E-state index contributed by atoms with van der Waals surface area (Å²) in [7, 11) is 0. The van der Waals surface area contributed by atoms with Crippen LogP contribution in [0.15, 0.2) is 30.5 Å². The summed E-state index contributed by atoms with van der Waals surface area (Å²) in [5.41, 5.74) is 0.692. The van der Waals surface area contributed by atoms with E-state index in [0.29, 0.717) is 12.3 Å². The fourth-order valence-corrected chi connectivity index (χ4v) is 1.56. The Kier molecular flexibility index (Phi) is 4.52. The molecule has 0 atom stereocenters. The third-order valence-corrected chi connectivity index (χ3v) is 2.49. The molecule has 0 unspecified atom stereocenters. The van der Waals surface area contributed by atoms with Gasteiger partial charge < -0.3 is 10.1 Å². The van der Waals surface area contributed by atoms with E-state index in [-0.39, 0.29) is 11.1 Å². The molecule has 1 aromatic carbocycles. The van der Waals surface area contributed by atoms with Crippen LogP contribution < -0.4 is 10.1 Å². The number of hydrogen-bond acceptors (Lipinski definition) is 4. The Morgan fingerprint density at radius 2 is 2.05 bits per heavy atom. The topological polar surface area (TPSA) is 47.0 Å². The molecule has 100 valence electrons. The Morgan fingerprint density at radius 3 is 2.74 bits per heavy atom. The molecule has 1 heterocycles. The lowest BCUT2D eigenvalue weighted by atomic mass is 10.3. The van der Waals surface area contributed by atoms with Crippen molar-refractivity contribution in [2.75, 3.05) is 11.9 Å². The highest BCUT2D eigenvalue weighted by Gasteiger charge is 2.06. The molecule has 0 aliphatic carbocycles. The number of aromatic nitrogens is 2. The molecule has 0 spiro atoms. The maximum atomic E-state index is 13.4. The summed E-state index contributed by atoms with van der Waals surface area (Å²) in [5.74, 6) is 0.256. The maximum absolute atomic E-state index is 13.4. The first-order chi connectivity index (χ1) is 9.19. The zero-order valence-electron chi connectivity index (χ0n) is 10.4. The summed E-state index contributed by atoms with van der Waals surface area (Å²) in [5, 5.41) is 2.82. The van der Waals surface area contributed by atoms with Crippen LogP contribution in [-0.4, -0.2) is 16.6 Å². The van der Waals surface area contributed by atoms with Crippen LogP contribution in [0, 0.1) is 5.82 Å². The van der Waals surface area contributed by atoms with Gasteiger partial charge in [0.25, 0.3) is 0 Å². The van der Waals surface area contributed by atoms with Gasteiger partial charge in [-0.05, 0) is 42.3 Å². The summed E-state index contributed by atoms with van der Waals surface area (Å²) in [6, 6.07) is 7.16. The maximum Gasteiger partial charge on any atom is 0.224 e. The molecular formula is C13H13ClFN3O. The molecule has 4 nitrogen and oxygen atoms in total. The summed E-state index contributed by atoms with van der Waals surface area (Å²) < 4.78 is 18.9. The van der Waals surface area contributed by atoms with Crippen molar-refractivity contribution in [2.45, 2.75) is 13.3 Å². The summed E-state index contributed by atoms with van der Waals surface area (Å²) in [6.07, 6.45) is 1.97. The molecule has 6 heteroatoms. The van der Waals surface area contributed by atoms with Gasteiger partial charge in [0.2, 0.25) is 5.28 Å². The fourth-order valence-electron chi connectivity index (χ4n) is 1.42. The van der Waals surface area contributed by atoms with Crippen molar-refractivity contribution >= 4 is 23.1 Å². The SMILES string of the molecule is CCCOc1ccc(Nc2nc(Cl)ncc2F)cc1. The second-order valence-corrected chi connectivity index (χ2v) is 4.17. The zero-order chi connectivity index (χ0) is 13.7. The second-order valence-electron chi connectivity index (χ2n) is 3.83. The fraction of sp³-hybridized carbons (Fsp3) is 0.231. The van der Waals surface area contributed by atoms with E-state index < -0.39 is 5.82 Å². The number of benzene rings is 1. The molecule has 0 radical (unpaired) electrons. The Balaban J connectivity index is 2.08. The van der Waals surface area contributed by atoms with Crippen LogP contribution in [0.3, 0.4) is 0 Å². The van der Waals surface area contributed by atoms with E-state index in [9.17, 15) is 4.39 Å². The van der Waals surface area contributed by atoms with Crippen molar-refractivity contribution in [1.29, 1.82) is 0 Å². The largest absolute Gasteiger partial charge is 0.494 e. The van der Waals surface area contributed by atoms with Gasteiger partial charge in [-0.3, -0.25) is 0 Å². The minimum atomic E-state index is -0.560. The van der Waals surface area contributed by atoms with E-state index in [1.165, 1.54) is 0 Å².